The molecule has 0 heterocycles. The Kier molecular flexibility index (Phi) is 19.3. The van der Waals surface area contributed by atoms with Crippen LogP contribution in [0.2, 0.25) is 0 Å². The quantitative estimate of drug-likeness (QED) is 0.0469. The van der Waals surface area contributed by atoms with Crippen LogP contribution in [0, 0.1) is 58.2 Å². The van der Waals surface area contributed by atoms with Gasteiger partial charge in [-0.05, 0) is 35.8 Å². The van der Waals surface area contributed by atoms with E-state index in [1.807, 2.05) is 4.99 Å². The normalized spacial score (nSPS) is 12.6. The van der Waals surface area contributed by atoms with Gasteiger partial charge in [-0.15, -0.1) is 5.69 Å². The van der Waals surface area contributed by atoms with E-state index >= 15 is 0 Å². The number of hydrogen-bond acceptors (Lipinski definition) is 0. The van der Waals surface area contributed by atoms with Crippen molar-refractivity contribution in [1.29, 1.82) is 0 Å². The van der Waals surface area contributed by atoms with Gasteiger partial charge in [0.1, 0.15) is 11.6 Å². The molecule has 0 atom stereocenters. The maximum Gasteiger partial charge on any atom is 2.00 e. The summed E-state index contributed by atoms with van der Waals surface area (Å²) in [5.74, 6) is -20.7. The van der Waals surface area contributed by atoms with Crippen molar-refractivity contribution >= 4 is 57.2 Å². The second kappa shape index (κ2) is 22.5. The molecule has 0 bridgehead atoms. The average molecular weight is 873 g/mol. The molecule has 0 aromatic heterocycles. The molecule has 0 spiro atoms. The molecule has 2 N–H and O–H groups in total. The third kappa shape index (κ3) is 12.7. The number of rotatable bonds is 12. The molecule has 61 heavy (non-hydrogen) atoms. The van der Waals surface area contributed by atoms with Gasteiger partial charge in [-0.3, -0.25) is 0 Å². The van der Waals surface area contributed by atoms with E-state index in [1.165, 1.54) is 27.9 Å². The van der Waals surface area contributed by atoms with E-state index in [0.29, 0.717) is 23.7 Å². The minimum Gasteiger partial charge on any atom is -0.661 e. The average Bonchev–Trinajstić information content (AvgIpc) is 3.17. The van der Waals surface area contributed by atoms with E-state index in [2.05, 4.69) is 122 Å². The van der Waals surface area contributed by atoms with Crippen LogP contribution in [0.5, 0.6) is 0 Å². The van der Waals surface area contributed by atoms with Gasteiger partial charge in [0, 0.05) is 25.0 Å². The van der Waals surface area contributed by atoms with Gasteiger partial charge >= 0.3 is 23.1 Å². The Morgan fingerprint density at radius 2 is 0.689 bits per heavy atom. The van der Waals surface area contributed by atoms with Gasteiger partial charge in [0.05, 0.1) is 0 Å². The molecule has 4 nitrogen and oxygen atoms in total. The third-order valence-corrected chi connectivity index (χ3v) is 9.18. The zero-order valence-electron chi connectivity index (χ0n) is 36.3. The van der Waals surface area contributed by atoms with Crippen molar-refractivity contribution in [1.82, 2.24) is 0 Å². The second-order valence-electron chi connectivity index (χ2n) is 15.5. The number of hydrogen-bond donors (Lipinski definition) is 2. The van der Waals surface area contributed by atoms with Crippen LogP contribution in [0.4, 0.5) is 66.7 Å². The first-order valence-electron chi connectivity index (χ1n) is 19.2. The first kappa shape index (κ1) is 52.5. The van der Waals surface area contributed by atoms with Crippen molar-refractivity contribution in [3.8, 4) is 0 Å². The SMILES string of the molecule is CC(/C=C(/C)[N-]c1c(C(C)C)cccc1C(C)C)=[NH+]c1c(C(C)C)cccc1C(C)C.CC(/C=C(/C)[N-]c1c(F)c(F)c(F)c(F)c1F)=[NH+]c1c(F)c(F)c(F)c(F)c1F.[Mg+2]. The van der Waals surface area contributed by atoms with Gasteiger partial charge in [0.15, 0.2) is 28.9 Å². The molecule has 4 rings (SSSR count). The number of nitrogens with zero attached hydrogens (tertiary/aromatic N) is 2. The van der Waals surface area contributed by atoms with Gasteiger partial charge in [-0.2, -0.15) is 20.2 Å². The summed E-state index contributed by atoms with van der Waals surface area (Å²) >= 11 is 0. The fourth-order valence-electron chi connectivity index (χ4n) is 6.25. The summed E-state index contributed by atoms with van der Waals surface area (Å²) in [6, 6.07) is 13.2. The Morgan fingerprint density at radius 1 is 0.410 bits per heavy atom. The maximum absolute atomic E-state index is 13.6. The minimum absolute atomic E-state index is 0. The Hall–Kier alpha value is -4.63. The molecule has 0 aliphatic carbocycles. The number of para-hydroxylation sites is 2. The summed E-state index contributed by atoms with van der Waals surface area (Å²) in [6.07, 6.45) is 2.97. The van der Waals surface area contributed by atoms with Crippen LogP contribution in [0.3, 0.4) is 0 Å². The van der Waals surface area contributed by atoms with Crippen LogP contribution in [-0.2, 0) is 0 Å². The summed E-state index contributed by atoms with van der Waals surface area (Å²) in [5.41, 5.74) is 6.17. The van der Waals surface area contributed by atoms with Crippen LogP contribution >= 0.6 is 0 Å². The molecule has 0 aliphatic heterocycles. The minimum atomic E-state index is -2.39. The largest absolute Gasteiger partial charge is 2.00 e. The summed E-state index contributed by atoms with van der Waals surface area (Å²) in [5, 5.41) is 8.30. The van der Waals surface area contributed by atoms with Crippen LogP contribution in [0.15, 0.2) is 59.9 Å². The van der Waals surface area contributed by atoms with Gasteiger partial charge in [-0.25, -0.2) is 45.1 Å². The van der Waals surface area contributed by atoms with E-state index < -0.39 is 75.2 Å². The van der Waals surface area contributed by atoms with Crippen LogP contribution in [0.1, 0.15) is 129 Å². The summed E-state index contributed by atoms with van der Waals surface area (Å²) in [4.78, 5) is 5.57. The van der Waals surface area contributed by atoms with Crippen molar-refractivity contribution < 1.29 is 53.9 Å². The smallest absolute Gasteiger partial charge is 0.661 e. The molecular formula is C46H50F10MgN4+2. The van der Waals surface area contributed by atoms with Crippen molar-refractivity contribution in [3.05, 3.63) is 151 Å². The number of nitrogens with one attached hydrogen (secondary N) is 2. The fraction of sp³-hybridized carbons (Fsp3) is 0.348. The van der Waals surface area contributed by atoms with E-state index in [4.69, 9.17) is 5.32 Å². The zero-order chi connectivity index (χ0) is 45.5. The molecule has 324 valence electrons. The van der Waals surface area contributed by atoms with Crippen molar-refractivity contribution in [2.45, 2.75) is 107 Å². The molecule has 4 aromatic rings. The summed E-state index contributed by atoms with van der Waals surface area (Å²) in [6.45, 7) is 24.3. The summed E-state index contributed by atoms with van der Waals surface area (Å²) < 4.78 is 133. The Morgan fingerprint density at radius 3 is 1.03 bits per heavy atom. The van der Waals surface area contributed by atoms with E-state index in [1.54, 1.807) is 0 Å². The molecule has 0 unspecified atom stereocenters. The Bertz CT molecular complexity index is 2240. The van der Waals surface area contributed by atoms with Gasteiger partial charge < -0.3 is 10.6 Å². The summed E-state index contributed by atoms with van der Waals surface area (Å²) in [7, 11) is 0. The molecule has 0 amide bonds. The zero-order valence-corrected chi connectivity index (χ0v) is 37.7. The molecule has 4 aromatic carbocycles. The van der Waals surface area contributed by atoms with Crippen molar-refractivity contribution in [2.75, 3.05) is 0 Å². The van der Waals surface area contributed by atoms with Crippen molar-refractivity contribution in [2.24, 2.45) is 0 Å². The molecule has 15 heteroatoms. The second-order valence-corrected chi connectivity index (χ2v) is 15.5. The number of allylic oxidation sites excluding steroid dienone is 4. The Balaban J connectivity index is 0.000000414. The topological polar surface area (TPSA) is 56.1 Å². The molecule has 0 fully saturated rings. The molecule has 0 aliphatic rings. The molecule has 0 radical (unpaired) electrons. The first-order chi connectivity index (χ1) is 27.9. The molecule has 0 saturated carbocycles. The van der Waals surface area contributed by atoms with Crippen LogP contribution in [0.25, 0.3) is 10.6 Å². The predicted molar refractivity (Wildman–Crippen MR) is 224 cm³/mol. The van der Waals surface area contributed by atoms with Gasteiger partial charge in [0.25, 0.3) is 5.69 Å². The number of benzene rings is 4. The third-order valence-electron chi connectivity index (χ3n) is 9.18. The Labute approximate surface area is 367 Å². The monoisotopic (exact) mass is 872 g/mol. The first-order valence-corrected chi connectivity index (χ1v) is 19.2. The van der Waals surface area contributed by atoms with Crippen molar-refractivity contribution in [3.63, 3.8) is 0 Å². The van der Waals surface area contributed by atoms with Crippen LogP contribution in [-0.4, -0.2) is 34.5 Å². The fourth-order valence-corrected chi connectivity index (χ4v) is 6.25. The van der Waals surface area contributed by atoms with E-state index in [-0.39, 0.29) is 28.8 Å². The van der Waals surface area contributed by atoms with Gasteiger partial charge in [-0.1, -0.05) is 122 Å². The number of halogens is 10. The van der Waals surface area contributed by atoms with Gasteiger partial charge in [0.2, 0.25) is 34.8 Å². The van der Waals surface area contributed by atoms with E-state index in [0.717, 1.165) is 37.0 Å². The standard InChI is InChI=1S/C29H41N2.C17H7F10N2.Mg/c1-18(2)24-13-11-14-25(19(3)4)28(24)30-22(9)17-23(10)31-29-26(20(5)6)15-12-16-27(29)21(7)8;1-4(28-16-12(24)8(20)6(18)9(21)13(16)25)3-5(2)29-17-14(26)10(22)7(19)11(23)15(17)27;/h11-21H,1-10H3;3H,1-2H3;/q2*-1;+2/p+2/b22-17-,31-23?;4-3-,29-5?;. The molecule has 0 saturated heterocycles. The van der Waals surface area contributed by atoms with E-state index in [9.17, 15) is 43.9 Å². The maximum atomic E-state index is 13.6. The molecular weight excluding hydrogens is 823 g/mol. The van der Waals surface area contributed by atoms with Crippen LogP contribution < -0.4 is 9.98 Å². The predicted octanol–water partition coefficient (Wildman–Crippen LogP) is 12.4.